The second-order valence-corrected chi connectivity index (χ2v) is 5.82. The first-order valence-electron chi connectivity index (χ1n) is 6.77. The summed E-state index contributed by atoms with van der Waals surface area (Å²) in [5.41, 5.74) is 0.300. The number of carbonyl (C=O) groups is 1. The summed E-state index contributed by atoms with van der Waals surface area (Å²) in [7, 11) is 0. The quantitative estimate of drug-likeness (QED) is 0.866. The first kappa shape index (κ1) is 14.3. The number of aromatic nitrogens is 2. The molecule has 112 valence electrons. The molecule has 1 aliphatic rings. The second kappa shape index (κ2) is 5.26. The number of hydrogen-bond acceptors (Lipinski definition) is 2. The summed E-state index contributed by atoms with van der Waals surface area (Å²) < 4.78 is 29.0. The van der Waals surface area contributed by atoms with Crippen molar-refractivity contribution < 1.29 is 13.6 Å². The van der Waals surface area contributed by atoms with E-state index in [1.165, 1.54) is 6.07 Å². The van der Waals surface area contributed by atoms with E-state index in [1.807, 2.05) is 0 Å². The number of imidazole rings is 1. The van der Waals surface area contributed by atoms with Crippen molar-refractivity contribution in [3.05, 3.63) is 29.6 Å². The Morgan fingerprint density at radius 2 is 2.24 bits per heavy atom. The fraction of sp³-hybridized carbons (Fsp3) is 0.429. The van der Waals surface area contributed by atoms with Crippen LogP contribution in [0.15, 0.2) is 12.1 Å². The van der Waals surface area contributed by atoms with E-state index in [0.29, 0.717) is 18.8 Å². The van der Waals surface area contributed by atoms with Crippen LogP contribution in [0.1, 0.15) is 37.0 Å². The molecule has 21 heavy (non-hydrogen) atoms. The van der Waals surface area contributed by atoms with Gasteiger partial charge in [0.05, 0.1) is 10.9 Å². The van der Waals surface area contributed by atoms with Gasteiger partial charge in [0.2, 0.25) is 5.91 Å². The molecule has 1 fully saturated rings. The summed E-state index contributed by atoms with van der Waals surface area (Å²) >= 11 is 6.11. The molecule has 3 rings (SSSR count). The molecule has 2 atom stereocenters. The Balaban J connectivity index is 2.27. The van der Waals surface area contributed by atoms with Crippen molar-refractivity contribution >= 4 is 28.5 Å². The third kappa shape index (κ3) is 2.37. The lowest BCUT2D eigenvalue weighted by Crippen LogP contribution is -2.38. The lowest BCUT2D eigenvalue weighted by Gasteiger charge is -2.25. The van der Waals surface area contributed by atoms with Crippen molar-refractivity contribution in [2.24, 2.45) is 0 Å². The summed E-state index contributed by atoms with van der Waals surface area (Å²) in [6, 6.07) is 1.43. The molecule has 0 radical (unpaired) electrons. The van der Waals surface area contributed by atoms with Crippen molar-refractivity contribution in [2.45, 2.75) is 31.2 Å². The van der Waals surface area contributed by atoms with Crippen molar-refractivity contribution in [2.75, 3.05) is 6.54 Å². The van der Waals surface area contributed by atoms with E-state index in [0.717, 1.165) is 12.5 Å². The third-order valence-electron chi connectivity index (χ3n) is 3.66. The van der Waals surface area contributed by atoms with Crippen LogP contribution in [0.25, 0.3) is 11.0 Å². The average molecular weight is 314 g/mol. The van der Waals surface area contributed by atoms with E-state index in [2.05, 4.69) is 10.3 Å². The molecule has 4 nitrogen and oxygen atoms in total. The van der Waals surface area contributed by atoms with Crippen LogP contribution >= 0.6 is 11.6 Å². The highest BCUT2D eigenvalue weighted by Crippen LogP contribution is 2.32. The molecule has 2 aromatic rings. The first-order valence-corrected chi connectivity index (χ1v) is 7.21. The number of piperidine rings is 1. The van der Waals surface area contributed by atoms with E-state index in [-0.39, 0.29) is 16.9 Å². The van der Waals surface area contributed by atoms with Gasteiger partial charge in [-0.3, -0.25) is 4.79 Å². The third-order valence-corrected chi connectivity index (χ3v) is 3.86. The number of amides is 1. The number of carbonyl (C=O) groups excluding carboxylic acids is 1. The topological polar surface area (TPSA) is 46.9 Å². The normalized spacial score (nSPS) is 20.6. The van der Waals surface area contributed by atoms with Crippen molar-refractivity contribution in [3.63, 3.8) is 0 Å². The van der Waals surface area contributed by atoms with E-state index >= 15 is 0 Å². The molecule has 1 aliphatic heterocycles. The molecular formula is C14H14ClF2N3O. The highest BCUT2D eigenvalue weighted by Gasteiger charge is 2.30. The van der Waals surface area contributed by atoms with Crippen LogP contribution < -0.4 is 5.32 Å². The number of fused-ring (bicyclic) bond motifs is 1. The SMILES string of the molecule is CC(Cl)c1nc2c(F)cc(F)cc2n1C1CCCNC1=O. The van der Waals surface area contributed by atoms with Gasteiger partial charge in [-0.1, -0.05) is 0 Å². The zero-order chi connectivity index (χ0) is 15.1. The average Bonchev–Trinajstić information content (AvgIpc) is 2.79. The Morgan fingerprint density at radius 1 is 1.48 bits per heavy atom. The van der Waals surface area contributed by atoms with Gasteiger partial charge in [0.15, 0.2) is 5.82 Å². The van der Waals surface area contributed by atoms with E-state index in [4.69, 9.17) is 11.6 Å². The molecular weight excluding hydrogens is 300 g/mol. The smallest absolute Gasteiger partial charge is 0.243 e. The molecule has 1 amide bonds. The van der Waals surface area contributed by atoms with E-state index < -0.39 is 23.1 Å². The van der Waals surface area contributed by atoms with Crippen LogP contribution in [0.2, 0.25) is 0 Å². The number of nitrogens with zero attached hydrogens (tertiary/aromatic N) is 2. The molecule has 1 aromatic heterocycles. The number of benzene rings is 1. The summed E-state index contributed by atoms with van der Waals surface area (Å²) in [6.07, 6.45) is 1.38. The first-order chi connectivity index (χ1) is 9.99. The molecule has 2 unspecified atom stereocenters. The van der Waals surface area contributed by atoms with Crippen molar-refractivity contribution in [1.82, 2.24) is 14.9 Å². The summed E-state index contributed by atoms with van der Waals surface area (Å²) in [6.45, 7) is 2.30. The van der Waals surface area contributed by atoms with Gasteiger partial charge in [-0.15, -0.1) is 11.6 Å². The fourth-order valence-corrected chi connectivity index (χ4v) is 2.90. The number of alkyl halides is 1. The predicted molar refractivity (Wildman–Crippen MR) is 75.2 cm³/mol. The van der Waals surface area contributed by atoms with E-state index in [9.17, 15) is 13.6 Å². The molecule has 0 aliphatic carbocycles. The second-order valence-electron chi connectivity index (χ2n) is 5.16. The number of hydrogen-bond donors (Lipinski definition) is 1. The zero-order valence-electron chi connectivity index (χ0n) is 11.4. The Morgan fingerprint density at radius 3 is 2.90 bits per heavy atom. The van der Waals surface area contributed by atoms with Gasteiger partial charge in [-0.25, -0.2) is 13.8 Å². The summed E-state index contributed by atoms with van der Waals surface area (Å²) in [4.78, 5) is 16.3. The molecule has 1 saturated heterocycles. The largest absolute Gasteiger partial charge is 0.354 e. The molecule has 1 N–H and O–H groups in total. The standard InChI is InChI=1S/C14H14ClF2N3O/c1-7(15)13-19-12-9(17)5-8(16)6-11(12)20(13)10-3-2-4-18-14(10)21/h5-7,10H,2-4H2,1H3,(H,18,21). The molecule has 0 saturated carbocycles. The van der Waals surface area contributed by atoms with Crippen LogP contribution in [0.3, 0.4) is 0 Å². The molecule has 1 aromatic carbocycles. The summed E-state index contributed by atoms with van der Waals surface area (Å²) in [5, 5.41) is 2.24. The molecule has 0 spiro atoms. The monoisotopic (exact) mass is 313 g/mol. The number of nitrogens with one attached hydrogen (secondary N) is 1. The van der Waals surface area contributed by atoms with Crippen LogP contribution in [-0.4, -0.2) is 22.0 Å². The van der Waals surface area contributed by atoms with Gasteiger partial charge < -0.3 is 9.88 Å². The maximum absolute atomic E-state index is 13.9. The van der Waals surface area contributed by atoms with Gasteiger partial charge in [0.25, 0.3) is 0 Å². The number of halogens is 3. The van der Waals surface area contributed by atoms with Crippen LogP contribution in [-0.2, 0) is 4.79 Å². The van der Waals surface area contributed by atoms with Gasteiger partial charge in [-0.2, -0.15) is 0 Å². The predicted octanol–water partition coefficient (Wildman–Crippen LogP) is 3.07. The van der Waals surface area contributed by atoms with Gasteiger partial charge >= 0.3 is 0 Å². The van der Waals surface area contributed by atoms with Gasteiger partial charge in [0.1, 0.15) is 23.2 Å². The van der Waals surface area contributed by atoms with Gasteiger partial charge in [-0.05, 0) is 19.8 Å². The number of rotatable bonds is 2. The van der Waals surface area contributed by atoms with Gasteiger partial charge in [0, 0.05) is 18.7 Å². The lowest BCUT2D eigenvalue weighted by molar-refractivity contribution is -0.125. The Kier molecular flexibility index (Phi) is 3.57. The molecule has 0 bridgehead atoms. The van der Waals surface area contributed by atoms with Crippen LogP contribution in [0.5, 0.6) is 0 Å². The summed E-state index contributed by atoms with van der Waals surface area (Å²) in [5.74, 6) is -1.26. The Hall–Kier alpha value is -1.69. The maximum atomic E-state index is 13.9. The minimum Gasteiger partial charge on any atom is -0.354 e. The fourth-order valence-electron chi connectivity index (χ4n) is 2.75. The van der Waals surface area contributed by atoms with Crippen molar-refractivity contribution in [1.29, 1.82) is 0 Å². The molecule has 7 heteroatoms. The minimum absolute atomic E-state index is 0.0391. The van der Waals surface area contributed by atoms with Crippen LogP contribution in [0.4, 0.5) is 8.78 Å². The minimum atomic E-state index is -0.751. The Labute approximate surface area is 125 Å². The highest BCUT2D eigenvalue weighted by molar-refractivity contribution is 6.20. The van der Waals surface area contributed by atoms with Crippen LogP contribution in [0, 0.1) is 11.6 Å². The zero-order valence-corrected chi connectivity index (χ0v) is 12.1. The van der Waals surface area contributed by atoms with Crippen molar-refractivity contribution in [3.8, 4) is 0 Å². The maximum Gasteiger partial charge on any atom is 0.243 e. The molecule has 2 heterocycles. The van der Waals surface area contributed by atoms with E-state index in [1.54, 1.807) is 11.5 Å². The highest BCUT2D eigenvalue weighted by atomic mass is 35.5. The lowest BCUT2D eigenvalue weighted by atomic mass is 10.1. The Bertz CT molecular complexity index is 714.